The van der Waals surface area contributed by atoms with Crippen molar-refractivity contribution in [2.45, 2.75) is 32.1 Å². The van der Waals surface area contributed by atoms with Gasteiger partial charge in [-0.15, -0.1) is 0 Å². The summed E-state index contributed by atoms with van der Waals surface area (Å²) in [5, 5.41) is 0. The summed E-state index contributed by atoms with van der Waals surface area (Å²) in [4.78, 5) is 4.74. The first-order chi connectivity index (χ1) is 18.1. The molecule has 0 radical (unpaired) electrons. The molecule has 0 aromatic heterocycles. The highest BCUT2D eigenvalue weighted by Gasteiger charge is 2.19. The smallest absolute Gasteiger partial charge is 0.120 e. The standard InChI is InChI=1S/C32H38N2O3/c1-33(27-10-13-28(14-11-27)37-20-19-34-17-5-4-6-18-34)32-23-30(36-3)15-16-31(32)26-8-7-25-22-29(35-2)12-9-24(25)21-26/h9-16,21-23H,4-8,17-20H2,1-3H3. The fraction of sp³-hybridized carbons (Fsp3) is 0.375. The van der Waals surface area contributed by atoms with Crippen LogP contribution in [0.1, 0.15) is 42.4 Å². The summed E-state index contributed by atoms with van der Waals surface area (Å²) in [6.07, 6.45) is 8.28. The maximum atomic E-state index is 6.06. The molecule has 3 aromatic carbocycles. The van der Waals surface area contributed by atoms with Crippen molar-refractivity contribution in [2.75, 3.05) is 52.4 Å². The zero-order valence-electron chi connectivity index (χ0n) is 22.3. The molecule has 5 rings (SSSR count). The number of hydrogen-bond acceptors (Lipinski definition) is 5. The zero-order chi connectivity index (χ0) is 25.6. The van der Waals surface area contributed by atoms with Gasteiger partial charge in [0, 0.05) is 30.9 Å². The van der Waals surface area contributed by atoms with Crippen molar-refractivity contribution in [1.82, 2.24) is 4.90 Å². The Morgan fingerprint density at radius 3 is 2.24 bits per heavy atom. The largest absolute Gasteiger partial charge is 0.497 e. The summed E-state index contributed by atoms with van der Waals surface area (Å²) in [5.41, 5.74) is 7.40. The molecule has 1 saturated heterocycles. The molecule has 5 nitrogen and oxygen atoms in total. The fourth-order valence-corrected chi connectivity index (χ4v) is 5.38. The summed E-state index contributed by atoms with van der Waals surface area (Å²) in [5.74, 6) is 2.69. The molecule has 0 atom stereocenters. The van der Waals surface area contributed by atoms with E-state index >= 15 is 0 Å². The Labute approximate surface area is 221 Å². The summed E-state index contributed by atoms with van der Waals surface area (Å²) in [6, 6.07) is 21.1. The lowest BCUT2D eigenvalue weighted by Gasteiger charge is -2.27. The molecule has 1 aliphatic heterocycles. The van der Waals surface area contributed by atoms with Gasteiger partial charge in [-0.1, -0.05) is 18.6 Å². The number of likely N-dealkylation sites (tertiary alicyclic amines) is 1. The maximum Gasteiger partial charge on any atom is 0.120 e. The van der Waals surface area contributed by atoms with Crippen molar-refractivity contribution >= 4 is 23.0 Å². The van der Waals surface area contributed by atoms with Crippen LogP contribution >= 0.6 is 0 Å². The molecule has 0 N–H and O–H groups in total. The molecule has 0 spiro atoms. The van der Waals surface area contributed by atoms with E-state index < -0.39 is 0 Å². The van der Waals surface area contributed by atoms with Gasteiger partial charge in [0.1, 0.15) is 23.9 Å². The number of anilines is 2. The summed E-state index contributed by atoms with van der Waals surface area (Å²) in [6.45, 7) is 4.13. The monoisotopic (exact) mass is 498 g/mol. The lowest BCUT2D eigenvalue weighted by molar-refractivity contribution is 0.183. The van der Waals surface area contributed by atoms with Gasteiger partial charge in [-0.3, -0.25) is 4.90 Å². The van der Waals surface area contributed by atoms with Gasteiger partial charge in [-0.25, -0.2) is 0 Å². The number of aryl methyl sites for hydroxylation is 1. The van der Waals surface area contributed by atoms with Gasteiger partial charge < -0.3 is 19.1 Å². The topological polar surface area (TPSA) is 34.2 Å². The Kier molecular flexibility index (Phi) is 8.00. The van der Waals surface area contributed by atoms with E-state index in [0.29, 0.717) is 0 Å². The number of piperidine rings is 1. The third-order valence-electron chi connectivity index (χ3n) is 7.60. The van der Waals surface area contributed by atoms with Crippen LogP contribution in [0.2, 0.25) is 0 Å². The molecule has 1 aliphatic carbocycles. The molecule has 0 bridgehead atoms. The van der Waals surface area contributed by atoms with Crippen molar-refractivity contribution in [3.8, 4) is 17.2 Å². The second-order valence-electron chi connectivity index (χ2n) is 9.92. The molecule has 0 amide bonds. The number of hydrogen-bond donors (Lipinski definition) is 0. The molecular weight excluding hydrogens is 460 g/mol. The van der Waals surface area contributed by atoms with Gasteiger partial charge >= 0.3 is 0 Å². The molecule has 2 aliphatic rings. The van der Waals surface area contributed by atoms with Crippen LogP contribution < -0.4 is 19.1 Å². The highest BCUT2D eigenvalue weighted by atomic mass is 16.5. The summed E-state index contributed by atoms with van der Waals surface area (Å²) in [7, 11) is 5.56. The third-order valence-corrected chi connectivity index (χ3v) is 7.60. The molecule has 37 heavy (non-hydrogen) atoms. The first-order valence-corrected chi connectivity index (χ1v) is 13.4. The molecule has 1 fully saturated rings. The zero-order valence-corrected chi connectivity index (χ0v) is 22.3. The molecule has 3 aromatic rings. The number of fused-ring (bicyclic) bond motifs is 1. The number of benzene rings is 3. The predicted octanol–water partition coefficient (Wildman–Crippen LogP) is 6.82. The van der Waals surface area contributed by atoms with Gasteiger partial charge in [0.25, 0.3) is 0 Å². The van der Waals surface area contributed by atoms with Gasteiger partial charge in [0.05, 0.1) is 19.9 Å². The highest BCUT2D eigenvalue weighted by Crippen LogP contribution is 2.40. The number of ether oxygens (including phenoxy) is 3. The Balaban J connectivity index is 1.34. The predicted molar refractivity (Wildman–Crippen MR) is 152 cm³/mol. The lowest BCUT2D eigenvalue weighted by atomic mass is 9.87. The van der Waals surface area contributed by atoms with Gasteiger partial charge in [-0.2, -0.15) is 0 Å². The average molecular weight is 499 g/mol. The second kappa shape index (κ2) is 11.7. The van der Waals surface area contributed by atoms with E-state index in [0.717, 1.165) is 54.6 Å². The van der Waals surface area contributed by atoms with Crippen molar-refractivity contribution in [2.24, 2.45) is 0 Å². The maximum absolute atomic E-state index is 6.06. The van der Waals surface area contributed by atoms with Gasteiger partial charge in [0.15, 0.2) is 0 Å². The van der Waals surface area contributed by atoms with Crippen LogP contribution in [0.4, 0.5) is 11.4 Å². The van der Waals surface area contributed by atoms with Crippen LogP contribution in [-0.4, -0.2) is 52.4 Å². The molecular formula is C32H38N2O3. The van der Waals surface area contributed by atoms with Crippen LogP contribution in [0.3, 0.4) is 0 Å². The second-order valence-corrected chi connectivity index (χ2v) is 9.92. The molecule has 0 saturated carbocycles. The molecule has 5 heteroatoms. The first kappa shape index (κ1) is 25.2. The van der Waals surface area contributed by atoms with Crippen molar-refractivity contribution in [3.05, 3.63) is 77.4 Å². The quantitative estimate of drug-likeness (QED) is 0.323. The van der Waals surface area contributed by atoms with Crippen molar-refractivity contribution in [3.63, 3.8) is 0 Å². The SMILES string of the molecule is COc1ccc2c(c1)CCC(c1ccc(OC)cc1N(C)c1ccc(OCCN3CCCCC3)cc1)=C2. The van der Waals surface area contributed by atoms with Crippen LogP contribution in [0.15, 0.2) is 60.7 Å². The van der Waals surface area contributed by atoms with Crippen LogP contribution in [-0.2, 0) is 6.42 Å². The van der Waals surface area contributed by atoms with Gasteiger partial charge in [-0.05, 0) is 104 Å². The minimum atomic E-state index is 0.733. The molecule has 1 heterocycles. The van der Waals surface area contributed by atoms with E-state index in [1.54, 1.807) is 14.2 Å². The normalized spacial score (nSPS) is 15.5. The Morgan fingerprint density at radius 1 is 0.784 bits per heavy atom. The summed E-state index contributed by atoms with van der Waals surface area (Å²) < 4.78 is 17.1. The minimum absolute atomic E-state index is 0.733. The number of allylic oxidation sites excluding steroid dienone is 1. The summed E-state index contributed by atoms with van der Waals surface area (Å²) >= 11 is 0. The van der Waals surface area contributed by atoms with Crippen LogP contribution in [0, 0.1) is 0 Å². The van der Waals surface area contributed by atoms with Crippen LogP contribution in [0.5, 0.6) is 17.2 Å². The van der Waals surface area contributed by atoms with E-state index in [2.05, 4.69) is 77.5 Å². The minimum Gasteiger partial charge on any atom is -0.497 e. The van der Waals surface area contributed by atoms with Gasteiger partial charge in [0.2, 0.25) is 0 Å². The Hall–Kier alpha value is -3.44. The molecule has 0 unspecified atom stereocenters. The van der Waals surface area contributed by atoms with E-state index in [4.69, 9.17) is 14.2 Å². The fourth-order valence-electron chi connectivity index (χ4n) is 5.38. The van der Waals surface area contributed by atoms with Crippen molar-refractivity contribution in [1.29, 1.82) is 0 Å². The third kappa shape index (κ3) is 5.94. The first-order valence-electron chi connectivity index (χ1n) is 13.4. The average Bonchev–Trinajstić information content (AvgIpc) is 2.97. The van der Waals surface area contributed by atoms with E-state index in [9.17, 15) is 0 Å². The number of nitrogens with zero attached hydrogens (tertiary/aromatic N) is 2. The Morgan fingerprint density at radius 2 is 1.49 bits per heavy atom. The Bertz CT molecular complexity index is 1230. The van der Waals surface area contributed by atoms with E-state index in [1.807, 2.05) is 6.07 Å². The molecule has 194 valence electrons. The highest BCUT2D eigenvalue weighted by molar-refractivity contribution is 5.91. The number of rotatable bonds is 9. The van der Waals surface area contributed by atoms with E-state index in [-0.39, 0.29) is 0 Å². The van der Waals surface area contributed by atoms with E-state index in [1.165, 1.54) is 54.6 Å². The van der Waals surface area contributed by atoms with Crippen molar-refractivity contribution < 1.29 is 14.2 Å². The van der Waals surface area contributed by atoms with Crippen LogP contribution in [0.25, 0.3) is 11.6 Å². The number of methoxy groups -OCH3 is 2. The lowest BCUT2D eigenvalue weighted by Crippen LogP contribution is -2.33.